The maximum Gasteiger partial charge on any atom is 0.290 e. The van der Waals surface area contributed by atoms with E-state index in [9.17, 15) is 9.59 Å². The number of thioether (sulfide) groups is 1. The summed E-state index contributed by atoms with van der Waals surface area (Å²) in [6, 6.07) is 13.4. The summed E-state index contributed by atoms with van der Waals surface area (Å²) < 4.78 is 0. The van der Waals surface area contributed by atoms with Gasteiger partial charge in [-0.3, -0.25) is 24.9 Å². The second-order valence-electron chi connectivity index (χ2n) is 5.20. The molecule has 6 heteroatoms. The second-order valence-corrected chi connectivity index (χ2v) is 6.22. The van der Waals surface area contributed by atoms with Gasteiger partial charge in [-0.15, -0.1) is 0 Å². The fourth-order valence-corrected chi connectivity index (χ4v) is 3.25. The summed E-state index contributed by atoms with van der Waals surface area (Å²) in [6.07, 6.45) is 5.21. The van der Waals surface area contributed by atoms with Crippen molar-refractivity contribution in [2.75, 3.05) is 0 Å². The standard InChI is InChI=1S/C18H11N3O2S/c22-17-16(24-18(23)21-17)10-11-4-5-15-13(9-11)12(6-8-20-15)14-3-1-2-7-19-14/h1-10H,(H,21,22,23). The monoisotopic (exact) mass is 333 g/mol. The number of imide groups is 1. The molecule has 0 atom stereocenters. The molecule has 1 saturated heterocycles. The molecule has 4 rings (SSSR count). The zero-order valence-corrected chi connectivity index (χ0v) is 13.2. The molecule has 2 aromatic heterocycles. The Balaban J connectivity index is 1.85. The van der Waals surface area contributed by atoms with Gasteiger partial charge in [-0.2, -0.15) is 0 Å². The summed E-state index contributed by atoms with van der Waals surface area (Å²) in [5.41, 5.74) is 3.51. The molecule has 3 aromatic rings. The Labute approximate surface area is 141 Å². The minimum Gasteiger partial charge on any atom is -0.282 e. The average molecular weight is 333 g/mol. The van der Waals surface area contributed by atoms with Crippen LogP contribution in [0.2, 0.25) is 0 Å². The van der Waals surface area contributed by atoms with Gasteiger partial charge in [0, 0.05) is 23.3 Å². The van der Waals surface area contributed by atoms with Crippen molar-refractivity contribution < 1.29 is 9.59 Å². The number of hydrogen-bond donors (Lipinski definition) is 1. The van der Waals surface area contributed by atoms with E-state index in [4.69, 9.17) is 0 Å². The SMILES string of the molecule is O=C1NC(=O)C(=Cc2ccc3nccc(-c4ccccn4)c3c2)S1. The summed E-state index contributed by atoms with van der Waals surface area (Å²) in [5, 5.41) is 2.86. The van der Waals surface area contributed by atoms with Crippen molar-refractivity contribution in [3.8, 4) is 11.3 Å². The van der Waals surface area contributed by atoms with E-state index in [1.54, 1.807) is 18.5 Å². The number of carbonyl (C=O) groups excluding carboxylic acids is 2. The Hall–Kier alpha value is -2.99. The fraction of sp³-hybridized carbons (Fsp3) is 0. The van der Waals surface area contributed by atoms with Crippen LogP contribution in [-0.2, 0) is 4.79 Å². The molecule has 0 saturated carbocycles. The van der Waals surface area contributed by atoms with Crippen LogP contribution in [0.25, 0.3) is 28.2 Å². The molecule has 5 nitrogen and oxygen atoms in total. The van der Waals surface area contributed by atoms with Crippen LogP contribution in [0.15, 0.2) is 59.8 Å². The highest BCUT2D eigenvalue weighted by atomic mass is 32.2. The Morgan fingerprint density at radius 3 is 2.67 bits per heavy atom. The lowest BCUT2D eigenvalue weighted by Gasteiger charge is -2.06. The lowest BCUT2D eigenvalue weighted by Crippen LogP contribution is -2.17. The number of nitrogens with one attached hydrogen (secondary N) is 1. The first-order valence-electron chi connectivity index (χ1n) is 7.26. The van der Waals surface area contributed by atoms with E-state index in [1.165, 1.54) is 0 Å². The Morgan fingerprint density at radius 2 is 1.92 bits per heavy atom. The van der Waals surface area contributed by atoms with Crippen LogP contribution in [-0.4, -0.2) is 21.1 Å². The third-order valence-electron chi connectivity index (χ3n) is 3.65. The third-order valence-corrected chi connectivity index (χ3v) is 4.46. The minimum atomic E-state index is -0.360. The molecule has 0 bridgehead atoms. The van der Waals surface area contributed by atoms with Gasteiger partial charge in [-0.05, 0) is 53.7 Å². The van der Waals surface area contributed by atoms with Crippen LogP contribution < -0.4 is 5.32 Å². The van der Waals surface area contributed by atoms with Crippen LogP contribution in [0, 0.1) is 0 Å². The molecular weight excluding hydrogens is 322 g/mol. The van der Waals surface area contributed by atoms with Gasteiger partial charge in [-0.25, -0.2) is 0 Å². The topological polar surface area (TPSA) is 72.0 Å². The van der Waals surface area contributed by atoms with E-state index in [2.05, 4.69) is 15.3 Å². The summed E-state index contributed by atoms with van der Waals surface area (Å²) >= 11 is 0.908. The van der Waals surface area contributed by atoms with E-state index >= 15 is 0 Å². The van der Waals surface area contributed by atoms with Crippen molar-refractivity contribution in [2.45, 2.75) is 0 Å². The number of fused-ring (bicyclic) bond motifs is 1. The number of rotatable bonds is 2. The van der Waals surface area contributed by atoms with Gasteiger partial charge in [0.05, 0.1) is 16.1 Å². The smallest absolute Gasteiger partial charge is 0.282 e. The molecule has 3 heterocycles. The Morgan fingerprint density at radius 1 is 1.00 bits per heavy atom. The van der Waals surface area contributed by atoms with Crippen molar-refractivity contribution in [2.24, 2.45) is 0 Å². The molecule has 0 radical (unpaired) electrons. The first kappa shape index (κ1) is 14.6. The highest BCUT2D eigenvalue weighted by molar-refractivity contribution is 8.18. The van der Waals surface area contributed by atoms with E-state index in [0.29, 0.717) is 4.91 Å². The summed E-state index contributed by atoms with van der Waals surface area (Å²) in [6.45, 7) is 0. The Bertz CT molecular complexity index is 1000. The van der Waals surface area contributed by atoms with Gasteiger partial charge in [0.25, 0.3) is 11.1 Å². The molecular formula is C18H11N3O2S. The molecule has 1 aliphatic heterocycles. The molecule has 0 spiro atoms. The minimum absolute atomic E-state index is 0.345. The summed E-state index contributed by atoms with van der Waals surface area (Å²) in [7, 11) is 0. The zero-order valence-electron chi connectivity index (χ0n) is 12.4. The maximum atomic E-state index is 11.7. The van der Waals surface area contributed by atoms with Crippen molar-refractivity contribution in [3.05, 3.63) is 65.3 Å². The lowest BCUT2D eigenvalue weighted by atomic mass is 10.0. The van der Waals surface area contributed by atoms with Crippen molar-refractivity contribution in [3.63, 3.8) is 0 Å². The van der Waals surface area contributed by atoms with Crippen molar-refractivity contribution >= 4 is 39.9 Å². The first-order chi connectivity index (χ1) is 11.7. The maximum absolute atomic E-state index is 11.7. The van der Waals surface area contributed by atoms with Crippen LogP contribution in [0.3, 0.4) is 0 Å². The predicted molar refractivity (Wildman–Crippen MR) is 94.1 cm³/mol. The van der Waals surface area contributed by atoms with Gasteiger partial charge in [0.2, 0.25) is 0 Å². The second kappa shape index (κ2) is 5.90. The number of amides is 2. The average Bonchev–Trinajstić information content (AvgIpc) is 2.92. The molecule has 2 amide bonds. The molecule has 1 N–H and O–H groups in total. The van der Waals surface area contributed by atoms with Gasteiger partial charge in [0.1, 0.15) is 0 Å². The fourth-order valence-electron chi connectivity index (χ4n) is 2.57. The molecule has 1 aromatic carbocycles. The highest BCUT2D eigenvalue weighted by Gasteiger charge is 2.24. The number of hydrogen-bond acceptors (Lipinski definition) is 5. The van der Waals surface area contributed by atoms with E-state index in [0.717, 1.165) is 39.5 Å². The number of nitrogens with zero attached hydrogens (tertiary/aromatic N) is 2. The molecule has 0 unspecified atom stereocenters. The van der Waals surface area contributed by atoms with Crippen LogP contribution in [0.5, 0.6) is 0 Å². The summed E-state index contributed by atoms with van der Waals surface area (Å²) in [4.78, 5) is 32.1. The number of aromatic nitrogens is 2. The molecule has 1 fully saturated rings. The van der Waals surface area contributed by atoms with Gasteiger partial charge in [-0.1, -0.05) is 12.1 Å². The Kier molecular flexibility index (Phi) is 3.59. The molecule has 0 aliphatic carbocycles. The highest BCUT2D eigenvalue weighted by Crippen LogP contribution is 2.29. The first-order valence-corrected chi connectivity index (χ1v) is 8.07. The van der Waals surface area contributed by atoms with Gasteiger partial charge in [0.15, 0.2) is 0 Å². The predicted octanol–water partition coefficient (Wildman–Crippen LogP) is 3.62. The molecule has 116 valence electrons. The number of benzene rings is 1. The van der Waals surface area contributed by atoms with Crippen LogP contribution in [0.1, 0.15) is 5.56 Å². The van der Waals surface area contributed by atoms with E-state index in [1.807, 2.05) is 42.5 Å². The van der Waals surface area contributed by atoms with E-state index in [-0.39, 0.29) is 11.1 Å². The van der Waals surface area contributed by atoms with Gasteiger partial charge < -0.3 is 0 Å². The van der Waals surface area contributed by atoms with Gasteiger partial charge >= 0.3 is 0 Å². The summed E-state index contributed by atoms with van der Waals surface area (Å²) in [5.74, 6) is -0.360. The largest absolute Gasteiger partial charge is 0.290 e. The van der Waals surface area contributed by atoms with E-state index < -0.39 is 0 Å². The zero-order chi connectivity index (χ0) is 16.5. The van der Waals surface area contributed by atoms with Crippen molar-refractivity contribution in [1.82, 2.24) is 15.3 Å². The van der Waals surface area contributed by atoms with Crippen molar-refractivity contribution in [1.29, 1.82) is 0 Å². The number of pyridine rings is 2. The quantitative estimate of drug-likeness (QED) is 0.725. The van der Waals surface area contributed by atoms with Crippen LogP contribution in [0.4, 0.5) is 4.79 Å². The normalized spacial score (nSPS) is 15.9. The van der Waals surface area contributed by atoms with Crippen LogP contribution >= 0.6 is 11.8 Å². The number of carbonyl (C=O) groups is 2. The lowest BCUT2D eigenvalue weighted by molar-refractivity contribution is -0.115. The molecule has 24 heavy (non-hydrogen) atoms. The molecule has 1 aliphatic rings. The third kappa shape index (κ3) is 2.68.